The van der Waals surface area contributed by atoms with Gasteiger partial charge in [-0.05, 0) is 0 Å². The molecule has 6 nitrogen and oxygen atoms in total. The van der Waals surface area contributed by atoms with Gasteiger partial charge < -0.3 is 4.74 Å². The van der Waals surface area contributed by atoms with Crippen molar-refractivity contribution in [2.75, 3.05) is 21.2 Å². The number of esters is 1. The fourth-order valence-electron chi connectivity index (χ4n) is 0.102. The zero-order valence-corrected chi connectivity index (χ0v) is 8.36. The molecule has 7 heteroatoms. The number of ether oxygens (including phenoxy) is 1. The van der Waals surface area contributed by atoms with Gasteiger partial charge in [0.1, 0.15) is 0 Å². The van der Waals surface area contributed by atoms with Crippen LogP contribution in [0.2, 0.25) is 0 Å². The van der Waals surface area contributed by atoms with Gasteiger partial charge in [-0.25, -0.2) is 9.44 Å². The first kappa shape index (κ1) is 13.9. The van der Waals surface area contributed by atoms with Crippen molar-refractivity contribution in [3.63, 3.8) is 0 Å². The summed E-state index contributed by atoms with van der Waals surface area (Å²) in [6.45, 7) is 1.36. The molecule has 0 aromatic rings. The Morgan fingerprint density at radius 3 is 1.50 bits per heavy atom. The molecular formula is C5H14N2O4S. The highest BCUT2D eigenvalue weighted by Gasteiger charge is 1.96. The van der Waals surface area contributed by atoms with Gasteiger partial charge in [-0.2, -0.15) is 8.42 Å². The Bertz CT molecular complexity index is 201. The monoisotopic (exact) mass is 198 g/mol. The molecule has 0 saturated heterocycles. The maximum Gasteiger partial charge on any atom is 0.302 e. The number of hydrogen-bond donors (Lipinski definition) is 2. The molecule has 0 aliphatic heterocycles. The van der Waals surface area contributed by atoms with Gasteiger partial charge in [0.25, 0.3) is 10.2 Å². The highest BCUT2D eigenvalue weighted by Crippen LogP contribution is 1.63. The van der Waals surface area contributed by atoms with Crippen LogP contribution in [0.1, 0.15) is 6.92 Å². The number of rotatable bonds is 2. The fraction of sp³-hybridized carbons (Fsp3) is 0.800. The molecule has 2 N–H and O–H groups in total. The normalized spacial score (nSPS) is 9.67. The van der Waals surface area contributed by atoms with Crippen LogP contribution in [0.4, 0.5) is 0 Å². The molecule has 0 heterocycles. The average molecular weight is 198 g/mol. The van der Waals surface area contributed by atoms with Crippen molar-refractivity contribution in [1.82, 2.24) is 9.44 Å². The lowest BCUT2D eigenvalue weighted by molar-refractivity contribution is -0.137. The van der Waals surface area contributed by atoms with Gasteiger partial charge in [0.05, 0.1) is 7.11 Å². The molecule has 0 spiro atoms. The van der Waals surface area contributed by atoms with E-state index in [0.717, 1.165) is 0 Å². The van der Waals surface area contributed by atoms with Crippen molar-refractivity contribution in [1.29, 1.82) is 0 Å². The van der Waals surface area contributed by atoms with Crippen molar-refractivity contribution in [3.05, 3.63) is 0 Å². The SMILES string of the molecule is CNS(=O)(=O)NC.COC(C)=O. The molecule has 0 atom stereocenters. The average Bonchev–Trinajstić information content (AvgIpc) is 2.05. The minimum Gasteiger partial charge on any atom is -0.469 e. The Kier molecular flexibility index (Phi) is 8.12. The summed E-state index contributed by atoms with van der Waals surface area (Å²) in [5.74, 6) is -0.245. The minimum absolute atomic E-state index is 0.245. The number of carbonyl (C=O) groups is 1. The molecule has 0 aromatic carbocycles. The van der Waals surface area contributed by atoms with Crippen molar-refractivity contribution in [2.45, 2.75) is 6.92 Å². The predicted octanol–water partition coefficient (Wildman–Crippen LogP) is -1.15. The van der Waals surface area contributed by atoms with E-state index in [1.807, 2.05) is 0 Å². The number of nitrogens with one attached hydrogen (secondary N) is 2. The summed E-state index contributed by atoms with van der Waals surface area (Å²) >= 11 is 0. The Hall–Kier alpha value is -0.660. The zero-order chi connectivity index (χ0) is 10.2. The molecule has 0 unspecified atom stereocenters. The van der Waals surface area contributed by atoms with E-state index in [1.165, 1.54) is 28.1 Å². The highest BCUT2D eigenvalue weighted by molar-refractivity contribution is 7.87. The summed E-state index contributed by atoms with van der Waals surface area (Å²) in [6.07, 6.45) is 0. The topological polar surface area (TPSA) is 84.5 Å². The van der Waals surface area contributed by atoms with E-state index >= 15 is 0 Å². The van der Waals surface area contributed by atoms with E-state index in [0.29, 0.717) is 0 Å². The molecule has 0 saturated carbocycles. The second-order valence-electron chi connectivity index (χ2n) is 1.61. The third-order valence-electron chi connectivity index (χ3n) is 0.825. The summed E-state index contributed by atoms with van der Waals surface area (Å²) in [5, 5.41) is 0. The third-order valence-corrected chi connectivity index (χ3v) is 1.90. The minimum atomic E-state index is -3.16. The Morgan fingerprint density at radius 1 is 1.25 bits per heavy atom. The lowest BCUT2D eigenvalue weighted by Gasteiger charge is -1.94. The molecule has 0 rings (SSSR count). The van der Waals surface area contributed by atoms with E-state index in [9.17, 15) is 13.2 Å². The maximum atomic E-state index is 10.1. The van der Waals surface area contributed by atoms with E-state index in [2.05, 4.69) is 14.2 Å². The zero-order valence-electron chi connectivity index (χ0n) is 7.54. The lowest BCUT2D eigenvalue weighted by Crippen LogP contribution is -2.30. The van der Waals surface area contributed by atoms with E-state index in [-0.39, 0.29) is 5.97 Å². The summed E-state index contributed by atoms with van der Waals surface area (Å²) in [6, 6.07) is 0. The summed E-state index contributed by atoms with van der Waals surface area (Å²) in [7, 11) is 0.870. The van der Waals surface area contributed by atoms with Crippen LogP contribution in [0.5, 0.6) is 0 Å². The van der Waals surface area contributed by atoms with Gasteiger partial charge in [-0.3, -0.25) is 4.79 Å². The first-order valence-electron chi connectivity index (χ1n) is 3.06. The van der Waals surface area contributed by atoms with Crippen LogP contribution in [-0.4, -0.2) is 35.6 Å². The van der Waals surface area contributed by atoms with E-state index < -0.39 is 10.2 Å². The summed E-state index contributed by atoms with van der Waals surface area (Å²) in [4.78, 5) is 9.59. The van der Waals surface area contributed by atoms with Crippen molar-refractivity contribution < 1.29 is 17.9 Å². The van der Waals surface area contributed by atoms with Crippen LogP contribution in [-0.2, 0) is 19.7 Å². The maximum absolute atomic E-state index is 10.1. The molecule has 0 fully saturated rings. The fourth-order valence-corrected chi connectivity index (χ4v) is 0.306. The number of hydrogen-bond acceptors (Lipinski definition) is 4. The molecule has 0 amide bonds. The second kappa shape index (κ2) is 7.01. The van der Waals surface area contributed by atoms with Gasteiger partial charge in [0.2, 0.25) is 0 Å². The summed E-state index contributed by atoms with van der Waals surface area (Å²) in [5.41, 5.74) is 0. The molecule has 0 bridgehead atoms. The summed E-state index contributed by atoms with van der Waals surface area (Å²) < 4.78 is 28.5. The molecule has 0 aliphatic rings. The van der Waals surface area contributed by atoms with Crippen LogP contribution in [0.25, 0.3) is 0 Å². The Labute approximate surface area is 72.5 Å². The van der Waals surface area contributed by atoms with Crippen molar-refractivity contribution >= 4 is 16.2 Å². The van der Waals surface area contributed by atoms with E-state index in [1.54, 1.807) is 0 Å². The van der Waals surface area contributed by atoms with Gasteiger partial charge in [0.15, 0.2) is 0 Å². The molecule has 0 aromatic heterocycles. The molecule has 0 radical (unpaired) electrons. The molecular weight excluding hydrogens is 184 g/mol. The van der Waals surface area contributed by atoms with Crippen molar-refractivity contribution in [2.24, 2.45) is 0 Å². The van der Waals surface area contributed by atoms with Crippen LogP contribution in [0.3, 0.4) is 0 Å². The quantitative estimate of drug-likeness (QED) is 0.549. The van der Waals surface area contributed by atoms with E-state index in [4.69, 9.17) is 0 Å². The molecule has 74 valence electrons. The van der Waals surface area contributed by atoms with Crippen LogP contribution < -0.4 is 9.44 Å². The first-order chi connectivity index (χ1) is 5.39. The number of methoxy groups -OCH3 is 1. The lowest BCUT2D eigenvalue weighted by atomic mass is 10.8. The Balaban J connectivity index is 0. The largest absolute Gasteiger partial charge is 0.469 e. The second-order valence-corrected chi connectivity index (χ2v) is 3.43. The van der Waals surface area contributed by atoms with Gasteiger partial charge >= 0.3 is 5.97 Å². The molecule has 12 heavy (non-hydrogen) atoms. The van der Waals surface area contributed by atoms with Crippen LogP contribution in [0.15, 0.2) is 0 Å². The smallest absolute Gasteiger partial charge is 0.302 e. The standard InChI is InChI=1S/C3H6O2.C2H8N2O2S/c1-3(4)5-2;1-3-7(5,6)4-2/h1-2H3;3-4H,1-2H3. The van der Waals surface area contributed by atoms with Gasteiger partial charge in [0, 0.05) is 21.0 Å². The van der Waals surface area contributed by atoms with Crippen molar-refractivity contribution in [3.8, 4) is 0 Å². The van der Waals surface area contributed by atoms with Gasteiger partial charge in [-0.1, -0.05) is 0 Å². The highest BCUT2D eigenvalue weighted by atomic mass is 32.2. The third kappa shape index (κ3) is 12.1. The number of carbonyl (C=O) groups excluding carboxylic acids is 1. The van der Waals surface area contributed by atoms with Gasteiger partial charge in [-0.15, -0.1) is 0 Å². The molecule has 0 aliphatic carbocycles. The van der Waals surface area contributed by atoms with Crippen LogP contribution >= 0.6 is 0 Å². The predicted molar refractivity (Wildman–Crippen MR) is 44.7 cm³/mol. The first-order valence-corrected chi connectivity index (χ1v) is 4.54. The Morgan fingerprint density at radius 2 is 1.50 bits per heavy atom. The van der Waals surface area contributed by atoms with Crippen LogP contribution in [0, 0.1) is 0 Å².